The van der Waals surface area contributed by atoms with Gasteiger partial charge in [-0.15, -0.1) is 0 Å². The van der Waals surface area contributed by atoms with Crippen molar-refractivity contribution in [2.75, 3.05) is 25.0 Å². The quantitative estimate of drug-likeness (QED) is 0.743. The Hall–Kier alpha value is -0.910. The van der Waals surface area contributed by atoms with Gasteiger partial charge in [0.2, 0.25) is 0 Å². The fraction of sp³-hybridized carbons (Fsp3) is 0.500. The zero-order valence-electron chi connectivity index (χ0n) is 11.5. The molecule has 1 fully saturated rings. The molecule has 0 atom stereocenters. The Morgan fingerprint density at radius 1 is 1.45 bits per heavy atom. The van der Waals surface area contributed by atoms with Crippen molar-refractivity contribution in [3.63, 3.8) is 0 Å². The van der Waals surface area contributed by atoms with E-state index in [1.54, 1.807) is 11.0 Å². The number of halogens is 2. The van der Waals surface area contributed by atoms with E-state index in [-0.39, 0.29) is 5.02 Å². The van der Waals surface area contributed by atoms with Crippen LogP contribution in [0.1, 0.15) is 19.8 Å². The maximum absolute atomic E-state index is 13.1. The average Bonchev–Trinajstić information content (AvgIpc) is 2.44. The molecular weight excluding hydrogens is 297 g/mol. The molecular formula is C14H20ClFN3S+. The van der Waals surface area contributed by atoms with E-state index in [1.165, 1.54) is 31.8 Å². The summed E-state index contributed by atoms with van der Waals surface area (Å²) in [5.74, 6) is -0.425. The lowest BCUT2D eigenvalue weighted by Crippen LogP contribution is -3.13. The summed E-state index contributed by atoms with van der Waals surface area (Å²) in [5, 5.41) is 7.02. The standard InChI is InChI=1S/C14H19ClFN3S/c1-2-19-7-5-10(6-8-19)17-14(20)18-11-3-4-13(16)12(15)9-11/h3-4,9-10H,2,5-8H2,1H3,(H2,17,18,20)/p+1. The van der Waals surface area contributed by atoms with Gasteiger partial charge in [0.25, 0.3) is 0 Å². The largest absolute Gasteiger partial charge is 0.359 e. The second kappa shape index (κ2) is 7.20. The Bertz CT molecular complexity index is 475. The zero-order chi connectivity index (χ0) is 14.5. The van der Waals surface area contributed by atoms with Gasteiger partial charge in [0.15, 0.2) is 5.11 Å². The summed E-state index contributed by atoms with van der Waals surface area (Å²) in [7, 11) is 0. The molecule has 0 radical (unpaired) electrons. The molecule has 0 saturated carbocycles. The Morgan fingerprint density at radius 3 is 2.75 bits per heavy atom. The monoisotopic (exact) mass is 316 g/mol. The van der Waals surface area contributed by atoms with Crippen molar-refractivity contribution in [2.24, 2.45) is 0 Å². The molecule has 0 spiro atoms. The van der Waals surface area contributed by atoms with Crippen molar-refractivity contribution >= 4 is 34.6 Å². The second-order valence-corrected chi connectivity index (χ2v) is 5.92. The van der Waals surface area contributed by atoms with E-state index < -0.39 is 5.82 Å². The van der Waals surface area contributed by atoms with Gasteiger partial charge in [-0.05, 0) is 37.3 Å². The molecule has 3 N–H and O–H groups in total. The maximum atomic E-state index is 13.1. The van der Waals surface area contributed by atoms with E-state index in [0.29, 0.717) is 16.8 Å². The molecule has 0 amide bonds. The zero-order valence-corrected chi connectivity index (χ0v) is 13.1. The number of nitrogens with one attached hydrogen (secondary N) is 3. The molecule has 1 aliphatic heterocycles. The van der Waals surface area contributed by atoms with Crippen LogP contribution >= 0.6 is 23.8 Å². The summed E-state index contributed by atoms with van der Waals surface area (Å²) in [5.41, 5.74) is 0.700. The van der Waals surface area contributed by atoms with Gasteiger partial charge in [0.05, 0.1) is 24.7 Å². The minimum absolute atomic E-state index is 0.0950. The van der Waals surface area contributed by atoms with Crippen molar-refractivity contribution < 1.29 is 9.29 Å². The topological polar surface area (TPSA) is 28.5 Å². The summed E-state index contributed by atoms with van der Waals surface area (Å²) in [6.07, 6.45) is 2.24. The number of hydrogen-bond acceptors (Lipinski definition) is 1. The van der Waals surface area contributed by atoms with Crippen LogP contribution in [0, 0.1) is 5.82 Å². The van der Waals surface area contributed by atoms with Crippen LogP contribution in [-0.2, 0) is 0 Å². The highest BCUT2D eigenvalue weighted by atomic mass is 35.5. The first-order valence-electron chi connectivity index (χ1n) is 6.94. The molecule has 0 aromatic heterocycles. The summed E-state index contributed by atoms with van der Waals surface area (Å²) < 4.78 is 13.1. The van der Waals surface area contributed by atoms with E-state index in [9.17, 15) is 4.39 Å². The number of thiocarbonyl (C=S) groups is 1. The molecule has 110 valence electrons. The number of rotatable bonds is 3. The Kier molecular flexibility index (Phi) is 5.57. The molecule has 20 heavy (non-hydrogen) atoms. The molecule has 6 heteroatoms. The van der Waals surface area contributed by atoms with Gasteiger partial charge >= 0.3 is 0 Å². The predicted molar refractivity (Wildman–Crippen MR) is 85.0 cm³/mol. The molecule has 1 aliphatic rings. The van der Waals surface area contributed by atoms with Gasteiger partial charge in [-0.1, -0.05) is 11.6 Å². The maximum Gasteiger partial charge on any atom is 0.171 e. The first-order chi connectivity index (χ1) is 9.58. The third kappa shape index (κ3) is 4.30. The lowest BCUT2D eigenvalue weighted by atomic mass is 10.1. The fourth-order valence-electron chi connectivity index (χ4n) is 2.45. The van der Waals surface area contributed by atoms with E-state index in [1.807, 2.05) is 0 Å². The number of anilines is 1. The van der Waals surface area contributed by atoms with Crippen LogP contribution in [0.2, 0.25) is 5.02 Å². The van der Waals surface area contributed by atoms with Crippen molar-refractivity contribution in [3.05, 3.63) is 29.0 Å². The van der Waals surface area contributed by atoms with Gasteiger partial charge < -0.3 is 15.5 Å². The van der Waals surface area contributed by atoms with E-state index in [0.717, 1.165) is 12.8 Å². The van der Waals surface area contributed by atoms with Gasteiger partial charge in [-0.25, -0.2) is 4.39 Å². The third-order valence-corrected chi connectivity index (χ3v) is 4.21. The van der Waals surface area contributed by atoms with Crippen molar-refractivity contribution in [1.29, 1.82) is 0 Å². The van der Waals surface area contributed by atoms with Crippen LogP contribution in [0.3, 0.4) is 0 Å². The Labute approximate surface area is 129 Å². The first kappa shape index (κ1) is 15.5. The first-order valence-corrected chi connectivity index (χ1v) is 7.73. The van der Waals surface area contributed by atoms with Gasteiger partial charge in [-0.3, -0.25) is 0 Å². The lowest BCUT2D eigenvalue weighted by molar-refractivity contribution is -0.903. The third-order valence-electron chi connectivity index (χ3n) is 3.71. The number of hydrogen-bond donors (Lipinski definition) is 3. The second-order valence-electron chi connectivity index (χ2n) is 5.11. The molecule has 0 bridgehead atoms. The Morgan fingerprint density at radius 2 is 2.15 bits per heavy atom. The number of benzene rings is 1. The van der Waals surface area contributed by atoms with Gasteiger partial charge in [0.1, 0.15) is 5.82 Å². The molecule has 0 unspecified atom stereocenters. The highest BCUT2D eigenvalue weighted by molar-refractivity contribution is 7.80. The van der Waals surface area contributed by atoms with Crippen LogP contribution in [0.15, 0.2) is 18.2 Å². The predicted octanol–water partition coefficient (Wildman–Crippen LogP) is 1.83. The highest BCUT2D eigenvalue weighted by Crippen LogP contribution is 2.19. The molecule has 0 aliphatic carbocycles. The molecule has 1 saturated heterocycles. The fourth-order valence-corrected chi connectivity index (χ4v) is 2.92. The molecule has 3 nitrogen and oxygen atoms in total. The Balaban J connectivity index is 1.82. The summed E-state index contributed by atoms with van der Waals surface area (Å²) >= 11 is 11.0. The number of likely N-dealkylation sites (tertiary alicyclic amines) is 1. The van der Waals surface area contributed by atoms with Crippen molar-refractivity contribution in [3.8, 4) is 0 Å². The van der Waals surface area contributed by atoms with Crippen LogP contribution in [-0.4, -0.2) is 30.8 Å². The summed E-state index contributed by atoms with van der Waals surface area (Å²) in [6, 6.07) is 4.91. The normalized spacial score (nSPS) is 22.4. The van der Waals surface area contributed by atoms with Gasteiger partial charge in [0, 0.05) is 24.6 Å². The smallest absolute Gasteiger partial charge is 0.171 e. The van der Waals surface area contributed by atoms with E-state index in [2.05, 4.69) is 17.6 Å². The molecule has 1 aromatic rings. The molecule has 1 heterocycles. The SMILES string of the molecule is CC[NH+]1CCC(NC(=S)Nc2ccc(F)c(Cl)c2)CC1. The summed E-state index contributed by atoms with van der Waals surface area (Å²) in [4.78, 5) is 1.65. The van der Waals surface area contributed by atoms with Crippen LogP contribution in [0.4, 0.5) is 10.1 Å². The minimum Gasteiger partial charge on any atom is -0.359 e. The average molecular weight is 317 g/mol. The van der Waals surface area contributed by atoms with Gasteiger partial charge in [-0.2, -0.15) is 0 Å². The minimum atomic E-state index is -0.425. The van der Waals surface area contributed by atoms with E-state index >= 15 is 0 Å². The highest BCUT2D eigenvalue weighted by Gasteiger charge is 2.21. The van der Waals surface area contributed by atoms with Crippen LogP contribution in [0.5, 0.6) is 0 Å². The number of piperidine rings is 1. The lowest BCUT2D eigenvalue weighted by Gasteiger charge is -2.29. The van der Waals surface area contributed by atoms with E-state index in [4.69, 9.17) is 23.8 Å². The van der Waals surface area contributed by atoms with Crippen molar-refractivity contribution in [2.45, 2.75) is 25.8 Å². The number of quaternary nitrogens is 1. The van der Waals surface area contributed by atoms with Crippen LogP contribution in [0.25, 0.3) is 0 Å². The molecule has 1 aromatic carbocycles. The van der Waals surface area contributed by atoms with Crippen LogP contribution < -0.4 is 15.5 Å². The molecule has 2 rings (SSSR count). The van der Waals surface area contributed by atoms with Crippen molar-refractivity contribution in [1.82, 2.24) is 5.32 Å². The summed E-state index contributed by atoms with van der Waals surface area (Å²) in [6.45, 7) is 5.76.